The molecule has 1 unspecified atom stereocenters. The number of ether oxygens (including phenoxy) is 1. The third kappa shape index (κ3) is 2.30. The lowest BCUT2D eigenvalue weighted by atomic mass is 9.59. The number of hydrogen-bond acceptors (Lipinski definition) is 1. The van der Waals surface area contributed by atoms with Gasteiger partial charge in [-0.1, -0.05) is 37.1 Å². The maximum Gasteiger partial charge on any atom is 0.0493 e. The molecule has 1 heteroatoms. The van der Waals surface area contributed by atoms with Gasteiger partial charge < -0.3 is 4.74 Å². The predicted molar refractivity (Wildman–Crippen MR) is 84.2 cm³/mol. The Bertz CT molecular complexity index is 477. The quantitative estimate of drug-likeness (QED) is 0.761. The third-order valence-electron chi connectivity index (χ3n) is 5.88. The number of aryl methyl sites for hydroxylation is 2. The number of rotatable bonds is 2. The highest BCUT2D eigenvalue weighted by molar-refractivity contribution is 5.39. The van der Waals surface area contributed by atoms with Gasteiger partial charge in [-0.15, -0.1) is 0 Å². The summed E-state index contributed by atoms with van der Waals surface area (Å²) in [5.74, 6) is 1.56. The summed E-state index contributed by atoms with van der Waals surface area (Å²) >= 11 is 0. The van der Waals surface area contributed by atoms with E-state index in [2.05, 4.69) is 32.0 Å². The number of fused-ring (bicyclic) bond motifs is 3. The van der Waals surface area contributed by atoms with E-state index in [4.69, 9.17) is 4.74 Å². The molecule has 1 fully saturated rings. The minimum Gasteiger partial charge on any atom is -0.384 e. The van der Waals surface area contributed by atoms with Crippen molar-refractivity contribution in [1.82, 2.24) is 0 Å². The minimum absolute atomic E-state index is 0.376. The molecule has 1 nitrogen and oxygen atoms in total. The summed E-state index contributed by atoms with van der Waals surface area (Å²) in [6.07, 6.45) is 8.05. The lowest BCUT2D eigenvalue weighted by molar-refractivity contribution is 0.0473. The summed E-state index contributed by atoms with van der Waals surface area (Å²) in [7, 11) is 1.86. The van der Waals surface area contributed by atoms with Gasteiger partial charge in [-0.3, -0.25) is 0 Å². The van der Waals surface area contributed by atoms with Gasteiger partial charge in [-0.05, 0) is 67.4 Å². The largest absolute Gasteiger partial charge is 0.384 e. The van der Waals surface area contributed by atoms with Crippen LogP contribution in [0, 0.1) is 18.8 Å². The van der Waals surface area contributed by atoms with Crippen LogP contribution in [0.1, 0.15) is 55.7 Å². The zero-order valence-corrected chi connectivity index (χ0v) is 13.2. The summed E-state index contributed by atoms with van der Waals surface area (Å²) < 4.78 is 5.52. The van der Waals surface area contributed by atoms with Crippen molar-refractivity contribution < 1.29 is 4.74 Å². The SMILES string of the molecule is COC[C@H]1CCC[C@]2(C)c3ccc(C)cc3CCCC12. The number of hydrogen-bond donors (Lipinski definition) is 0. The Balaban J connectivity index is 2.02. The first-order valence-corrected chi connectivity index (χ1v) is 8.24. The monoisotopic (exact) mass is 272 g/mol. The molecule has 0 aromatic heterocycles. The first-order chi connectivity index (χ1) is 9.65. The Kier molecular flexibility index (Phi) is 3.90. The molecule has 2 aliphatic rings. The van der Waals surface area contributed by atoms with Crippen LogP contribution < -0.4 is 0 Å². The van der Waals surface area contributed by atoms with Crippen LogP contribution in [-0.4, -0.2) is 13.7 Å². The van der Waals surface area contributed by atoms with Crippen LogP contribution in [0.5, 0.6) is 0 Å². The van der Waals surface area contributed by atoms with E-state index >= 15 is 0 Å². The minimum atomic E-state index is 0.376. The summed E-state index contributed by atoms with van der Waals surface area (Å²) in [4.78, 5) is 0. The Hall–Kier alpha value is -0.820. The first-order valence-electron chi connectivity index (χ1n) is 8.24. The Morgan fingerprint density at radius 1 is 1.25 bits per heavy atom. The highest BCUT2D eigenvalue weighted by Gasteiger charge is 2.44. The molecule has 1 aromatic carbocycles. The zero-order valence-electron chi connectivity index (χ0n) is 13.2. The number of methoxy groups -OCH3 is 1. The average Bonchev–Trinajstić information content (AvgIpc) is 2.56. The zero-order chi connectivity index (χ0) is 14.2. The summed E-state index contributed by atoms with van der Waals surface area (Å²) in [5, 5.41) is 0. The standard InChI is InChI=1S/C19H28O/c1-14-9-10-18-15(12-14)6-4-8-17-16(13-20-3)7-5-11-19(17,18)2/h9-10,12,16-17H,4-8,11,13H2,1-3H3/t16-,17?,19+/m1/s1. The molecule has 0 N–H and O–H groups in total. The molecule has 3 atom stereocenters. The highest BCUT2D eigenvalue weighted by atomic mass is 16.5. The van der Waals surface area contributed by atoms with Crippen molar-refractivity contribution in [2.75, 3.05) is 13.7 Å². The van der Waals surface area contributed by atoms with Gasteiger partial charge in [0.2, 0.25) is 0 Å². The molecular weight excluding hydrogens is 244 g/mol. The van der Waals surface area contributed by atoms with Crippen molar-refractivity contribution in [3.8, 4) is 0 Å². The van der Waals surface area contributed by atoms with Gasteiger partial charge >= 0.3 is 0 Å². The highest BCUT2D eigenvalue weighted by Crippen LogP contribution is 2.51. The Morgan fingerprint density at radius 2 is 2.10 bits per heavy atom. The lowest BCUT2D eigenvalue weighted by Crippen LogP contribution is -2.41. The van der Waals surface area contributed by atoms with Crippen LogP contribution in [0.3, 0.4) is 0 Å². The van der Waals surface area contributed by atoms with Crippen LogP contribution in [0.4, 0.5) is 0 Å². The lowest BCUT2D eigenvalue weighted by Gasteiger charge is -2.46. The molecule has 2 aliphatic carbocycles. The second kappa shape index (κ2) is 5.52. The van der Waals surface area contributed by atoms with E-state index in [0.29, 0.717) is 5.41 Å². The van der Waals surface area contributed by atoms with Crippen molar-refractivity contribution >= 4 is 0 Å². The van der Waals surface area contributed by atoms with Crippen molar-refractivity contribution in [3.63, 3.8) is 0 Å². The van der Waals surface area contributed by atoms with Gasteiger partial charge in [0.1, 0.15) is 0 Å². The van der Waals surface area contributed by atoms with Crippen molar-refractivity contribution in [3.05, 3.63) is 34.9 Å². The van der Waals surface area contributed by atoms with E-state index in [9.17, 15) is 0 Å². The topological polar surface area (TPSA) is 9.23 Å². The molecule has 0 bridgehead atoms. The van der Waals surface area contributed by atoms with Gasteiger partial charge in [0.25, 0.3) is 0 Å². The average molecular weight is 272 g/mol. The molecule has 1 saturated carbocycles. The van der Waals surface area contributed by atoms with Crippen LogP contribution in [0.25, 0.3) is 0 Å². The van der Waals surface area contributed by atoms with Crippen molar-refractivity contribution in [2.45, 2.75) is 57.8 Å². The molecule has 3 rings (SSSR count). The molecule has 20 heavy (non-hydrogen) atoms. The molecule has 0 heterocycles. The molecule has 0 amide bonds. The van der Waals surface area contributed by atoms with Crippen LogP contribution in [0.2, 0.25) is 0 Å². The van der Waals surface area contributed by atoms with Crippen LogP contribution in [-0.2, 0) is 16.6 Å². The van der Waals surface area contributed by atoms with E-state index in [0.717, 1.165) is 18.4 Å². The Labute approximate surface area is 123 Å². The van der Waals surface area contributed by atoms with E-state index in [1.54, 1.807) is 11.1 Å². The smallest absolute Gasteiger partial charge is 0.0493 e. The maximum atomic E-state index is 5.52. The van der Waals surface area contributed by atoms with Crippen molar-refractivity contribution in [2.24, 2.45) is 11.8 Å². The Morgan fingerprint density at radius 3 is 2.90 bits per heavy atom. The van der Waals surface area contributed by atoms with E-state index in [-0.39, 0.29) is 0 Å². The van der Waals surface area contributed by atoms with E-state index in [1.807, 2.05) is 7.11 Å². The molecule has 0 saturated heterocycles. The third-order valence-corrected chi connectivity index (χ3v) is 5.88. The molecule has 110 valence electrons. The van der Waals surface area contributed by atoms with Gasteiger partial charge in [0, 0.05) is 13.7 Å². The van der Waals surface area contributed by atoms with E-state index < -0.39 is 0 Å². The fraction of sp³-hybridized carbons (Fsp3) is 0.684. The summed E-state index contributed by atoms with van der Waals surface area (Å²) in [6.45, 7) is 5.69. The van der Waals surface area contributed by atoms with E-state index in [1.165, 1.54) is 44.1 Å². The molecule has 0 radical (unpaired) electrons. The summed E-state index contributed by atoms with van der Waals surface area (Å²) in [6, 6.07) is 7.17. The summed E-state index contributed by atoms with van der Waals surface area (Å²) in [5.41, 5.74) is 5.05. The molecule has 1 aromatic rings. The fourth-order valence-corrected chi connectivity index (χ4v) is 4.94. The molecule has 0 spiro atoms. The predicted octanol–water partition coefficient (Wildman–Crippen LogP) is 4.65. The van der Waals surface area contributed by atoms with Crippen molar-refractivity contribution in [1.29, 1.82) is 0 Å². The van der Waals surface area contributed by atoms with Crippen LogP contribution in [0.15, 0.2) is 18.2 Å². The maximum absolute atomic E-state index is 5.52. The molecular formula is C19H28O. The number of benzene rings is 1. The second-order valence-corrected chi connectivity index (χ2v) is 7.18. The molecule has 0 aliphatic heterocycles. The van der Waals surface area contributed by atoms with Gasteiger partial charge in [0.05, 0.1) is 0 Å². The second-order valence-electron chi connectivity index (χ2n) is 7.18. The van der Waals surface area contributed by atoms with Gasteiger partial charge in [0.15, 0.2) is 0 Å². The normalized spacial score (nSPS) is 33.1. The van der Waals surface area contributed by atoms with Crippen LogP contribution >= 0.6 is 0 Å². The van der Waals surface area contributed by atoms with Gasteiger partial charge in [-0.25, -0.2) is 0 Å². The fourth-order valence-electron chi connectivity index (χ4n) is 4.94. The first kappa shape index (κ1) is 14.1. The van der Waals surface area contributed by atoms with Gasteiger partial charge in [-0.2, -0.15) is 0 Å².